The van der Waals surface area contributed by atoms with Crippen molar-refractivity contribution in [2.75, 3.05) is 4.90 Å². The van der Waals surface area contributed by atoms with Crippen LogP contribution in [0, 0.1) is 35.5 Å². The van der Waals surface area contributed by atoms with E-state index in [9.17, 15) is 14.4 Å². The fraction of sp³-hybridized carbons (Fsp3) is 0.292. The summed E-state index contributed by atoms with van der Waals surface area (Å²) >= 11 is 6.04. The molecule has 1 heterocycles. The van der Waals surface area contributed by atoms with Crippen LogP contribution in [0.15, 0.2) is 60.7 Å². The van der Waals surface area contributed by atoms with Crippen LogP contribution in [-0.2, 0) is 9.59 Å². The third-order valence-electron chi connectivity index (χ3n) is 7.06. The highest BCUT2D eigenvalue weighted by molar-refractivity contribution is 6.32. The third-order valence-corrected chi connectivity index (χ3v) is 7.38. The van der Waals surface area contributed by atoms with Crippen molar-refractivity contribution in [2.24, 2.45) is 35.5 Å². The summed E-state index contributed by atoms with van der Waals surface area (Å²) in [7, 11) is 0. The van der Waals surface area contributed by atoms with E-state index in [1.54, 1.807) is 48.5 Å². The van der Waals surface area contributed by atoms with Crippen LogP contribution in [0.5, 0.6) is 5.75 Å². The van der Waals surface area contributed by atoms with Crippen LogP contribution >= 0.6 is 11.6 Å². The second-order valence-electron chi connectivity index (χ2n) is 8.53. The minimum atomic E-state index is -0.551. The maximum absolute atomic E-state index is 13.2. The molecule has 0 spiro atoms. The van der Waals surface area contributed by atoms with Crippen molar-refractivity contribution in [1.29, 1.82) is 0 Å². The minimum Gasteiger partial charge on any atom is -0.421 e. The summed E-state index contributed by atoms with van der Waals surface area (Å²) in [5.41, 5.74) is 0.819. The molecule has 5 nitrogen and oxygen atoms in total. The van der Waals surface area contributed by atoms with Gasteiger partial charge in [-0.05, 0) is 66.5 Å². The highest BCUT2D eigenvalue weighted by Gasteiger charge is 2.67. The molecule has 2 aromatic carbocycles. The predicted molar refractivity (Wildman–Crippen MR) is 110 cm³/mol. The molecule has 30 heavy (non-hydrogen) atoms. The van der Waals surface area contributed by atoms with Gasteiger partial charge < -0.3 is 4.74 Å². The first kappa shape index (κ1) is 17.9. The second-order valence-corrected chi connectivity index (χ2v) is 8.94. The Balaban J connectivity index is 1.24. The SMILES string of the molecule is O=C(Oc1ccccc1Cl)c1ccc(N2C(=O)[C@@H]3[C@H]4C=C[C@@H]([C@@H]5C[C@H]45)[C@@H]3C2=O)cc1. The average Bonchev–Trinajstić information content (AvgIpc) is 3.53. The number of para-hydroxylation sites is 1. The number of imide groups is 1. The summed E-state index contributed by atoms with van der Waals surface area (Å²) in [6, 6.07) is 13.1. The van der Waals surface area contributed by atoms with E-state index in [-0.39, 0.29) is 41.2 Å². The zero-order valence-corrected chi connectivity index (χ0v) is 16.7. The molecule has 7 rings (SSSR count). The van der Waals surface area contributed by atoms with Crippen LogP contribution in [0.25, 0.3) is 0 Å². The van der Waals surface area contributed by atoms with Crippen molar-refractivity contribution >= 4 is 35.1 Å². The Hall–Kier alpha value is -2.92. The Bertz CT molecular complexity index is 1090. The van der Waals surface area contributed by atoms with Crippen molar-refractivity contribution in [3.05, 3.63) is 71.3 Å². The summed E-state index contributed by atoms with van der Waals surface area (Å²) in [6.45, 7) is 0. The van der Waals surface area contributed by atoms with E-state index in [0.29, 0.717) is 28.1 Å². The van der Waals surface area contributed by atoms with Crippen molar-refractivity contribution in [3.8, 4) is 5.75 Å². The van der Waals surface area contributed by atoms with Gasteiger partial charge >= 0.3 is 5.97 Å². The van der Waals surface area contributed by atoms with Crippen LogP contribution in [0.2, 0.25) is 5.02 Å². The van der Waals surface area contributed by atoms with Gasteiger partial charge in [0.1, 0.15) is 5.75 Å². The number of carbonyl (C=O) groups is 3. The van der Waals surface area contributed by atoms with Gasteiger partial charge in [0.15, 0.2) is 0 Å². The van der Waals surface area contributed by atoms with E-state index in [1.807, 2.05) is 0 Å². The number of amides is 2. The lowest BCUT2D eigenvalue weighted by molar-refractivity contribution is -0.124. The molecular weight excluding hydrogens is 402 g/mol. The first-order chi connectivity index (χ1) is 14.5. The molecule has 5 aliphatic rings. The number of allylic oxidation sites excluding steroid dienone is 2. The number of carbonyl (C=O) groups excluding carboxylic acids is 3. The highest BCUT2D eigenvalue weighted by atomic mass is 35.5. The maximum atomic E-state index is 13.2. The number of hydrogen-bond donors (Lipinski definition) is 0. The molecule has 2 amide bonds. The van der Waals surface area contributed by atoms with Gasteiger partial charge in [0.05, 0.1) is 28.1 Å². The molecular formula is C24H18ClNO4. The van der Waals surface area contributed by atoms with Gasteiger partial charge in [-0.3, -0.25) is 14.5 Å². The fourth-order valence-corrected chi connectivity index (χ4v) is 5.82. The van der Waals surface area contributed by atoms with E-state index in [1.165, 1.54) is 4.90 Å². The van der Waals surface area contributed by atoms with E-state index >= 15 is 0 Å². The monoisotopic (exact) mass is 419 g/mol. The lowest BCUT2D eigenvalue weighted by Gasteiger charge is -2.37. The summed E-state index contributed by atoms with van der Waals surface area (Å²) in [5, 5.41) is 0.347. The average molecular weight is 420 g/mol. The van der Waals surface area contributed by atoms with Crippen LogP contribution in [0.3, 0.4) is 0 Å². The summed E-state index contributed by atoms with van der Waals surface area (Å²) < 4.78 is 5.34. The molecule has 1 aliphatic heterocycles. The van der Waals surface area contributed by atoms with Crippen molar-refractivity contribution in [2.45, 2.75) is 6.42 Å². The highest BCUT2D eigenvalue weighted by Crippen LogP contribution is 2.65. The van der Waals surface area contributed by atoms with Gasteiger partial charge in [0.2, 0.25) is 11.8 Å². The molecule has 2 bridgehead atoms. The number of halogens is 1. The Morgan fingerprint density at radius 3 is 2.10 bits per heavy atom. The zero-order chi connectivity index (χ0) is 20.6. The standard InChI is InChI=1S/C24H18ClNO4/c25-18-3-1-2-4-19(18)30-24(29)12-5-7-13(8-6-12)26-22(27)20-14-9-10-15(17-11-16(14)17)21(20)23(26)28/h1-10,14-17,20-21H,11H2/t14-,15-,16-,17+,20-,21+/m0/s1. The topological polar surface area (TPSA) is 63.7 Å². The molecule has 0 radical (unpaired) electrons. The quantitative estimate of drug-likeness (QED) is 0.325. The maximum Gasteiger partial charge on any atom is 0.343 e. The molecule has 3 fully saturated rings. The molecule has 6 atom stereocenters. The zero-order valence-electron chi connectivity index (χ0n) is 15.9. The molecule has 6 heteroatoms. The molecule has 150 valence electrons. The van der Waals surface area contributed by atoms with E-state index in [0.717, 1.165) is 6.42 Å². The van der Waals surface area contributed by atoms with Gasteiger partial charge in [-0.15, -0.1) is 0 Å². The second kappa shape index (κ2) is 6.29. The smallest absolute Gasteiger partial charge is 0.343 e. The van der Waals surface area contributed by atoms with Crippen molar-refractivity contribution < 1.29 is 19.1 Å². The Morgan fingerprint density at radius 1 is 0.900 bits per heavy atom. The molecule has 0 unspecified atom stereocenters. The number of hydrogen-bond acceptors (Lipinski definition) is 4. The molecule has 2 saturated carbocycles. The predicted octanol–water partition coefficient (Wildman–Crippen LogP) is 4.12. The van der Waals surface area contributed by atoms with Gasteiger partial charge in [-0.1, -0.05) is 35.9 Å². The molecule has 2 aromatic rings. The summed E-state index contributed by atoms with van der Waals surface area (Å²) in [4.78, 5) is 40.1. The number of nitrogens with zero attached hydrogens (tertiary/aromatic N) is 1. The molecule has 4 aliphatic carbocycles. The van der Waals surface area contributed by atoms with Crippen LogP contribution in [0.1, 0.15) is 16.8 Å². The molecule has 0 aromatic heterocycles. The van der Waals surface area contributed by atoms with Gasteiger partial charge in [0.25, 0.3) is 0 Å². The first-order valence-electron chi connectivity index (χ1n) is 10.2. The van der Waals surface area contributed by atoms with Gasteiger partial charge in [-0.25, -0.2) is 4.79 Å². The van der Waals surface area contributed by atoms with Crippen LogP contribution < -0.4 is 9.64 Å². The number of ether oxygens (including phenoxy) is 1. The Kier molecular flexibility index (Phi) is 3.75. The summed E-state index contributed by atoms with van der Waals surface area (Å²) in [6.07, 6.45) is 5.45. The first-order valence-corrected chi connectivity index (χ1v) is 10.6. The number of benzene rings is 2. The fourth-order valence-electron chi connectivity index (χ4n) is 5.64. The van der Waals surface area contributed by atoms with Crippen molar-refractivity contribution in [1.82, 2.24) is 0 Å². The van der Waals surface area contributed by atoms with E-state index in [4.69, 9.17) is 16.3 Å². The minimum absolute atomic E-state index is 0.110. The van der Waals surface area contributed by atoms with E-state index in [2.05, 4.69) is 12.2 Å². The number of anilines is 1. The lowest BCUT2D eigenvalue weighted by Crippen LogP contribution is -2.40. The van der Waals surface area contributed by atoms with Gasteiger partial charge in [-0.2, -0.15) is 0 Å². The molecule has 0 N–H and O–H groups in total. The molecule has 1 saturated heterocycles. The normalized spacial score (nSPS) is 32.8. The summed E-state index contributed by atoms with van der Waals surface area (Å²) in [5.74, 6) is 0.561. The number of rotatable bonds is 3. The Labute approximate surface area is 178 Å². The van der Waals surface area contributed by atoms with E-state index < -0.39 is 5.97 Å². The number of esters is 1. The van der Waals surface area contributed by atoms with Crippen molar-refractivity contribution in [3.63, 3.8) is 0 Å². The van der Waals surface area contributed by atoms with Gasteiger partial charge in [0, 0.05) is 0 Å². The lowest BCUT2D eigenvalue weighted by atomic mass is 9.63. The van der Waals surface area contributed by atoms with Crippen LogP contribution in [-0.4, -0.2) is 17.8 Å². The Morgan fingerprint density at radius 2 is 1.50 bits per heavy atom. The van der Waals surface area contributed by atoms with Crippen LogP contribution in [0.4, 0.5) is 5.69 Å². The largest absolute Gasteiger partial charge is 0.421 e. The third kappa shape index (κ3) is 2.45.